The van der Waals surface area contributed by atoms with E-state index in [9.17, 15) is 44.1 Å². The van der Waals surface area contributed by atoms with E-state index >= 15 is 0 Å². The lowest BCUT2D eigenvalue weighted by Crippen LogP contribution is -2.32. The minimum Gasteiger partial charge on any atom is -0.508 e. The van der Waals surface area contributed by atoms with Crippen molar-refractivity contribution in [3.63, 3.8) is 0 Å². The third-order valence-corrected chi connectivity index (χ3v) is 14.8. The second-order valence-corrected chi connectivity index (χ2v) is 21.0. The zero-order valence-electron chi connectivity index (χ0n) is 52.6. The molecule has 10 rings (SSSR count). The van der Waals surface area contributed by atoms with Gasteiger partial charge in [0.15, 0.2) is 10.9 Å². The van der Waals surface area contributed by atoms with Gasteiger partial charge in [0.05, 0.1) is 32.6 Å². The molecule has 0 aromatic heterocycles. The molecule has 0 saturated heterocycles. The number of aromatic hydroxyl groups is 2. The molecule has 488 valence electrons. The van der Waals surface area contributed by atoms with Crippen molar-refractivity contribution in [2.24, 2.45) is 0 Å². The number of benzene rings is 8. The molecule has 0 fully saturated rings. The van der Waals surface area contributed by atoms with Crippen molar-refractivity contribution in [2.75, 3.05) is 64.3 Å². The van der Waals surface area contributed by atoms with Gasteiger partial charge in [-0.2, -0.15) is 19.2 Å². The van der Waals surface area contributed by atoms with E-state index in [-0.39, 0.29) is 65.5 Å². The molecule has 2 aliphatic carbocycles. The molecule has 0 unspecified atom stereocenters. The van der Waals surface area contributed by atoms with Crippen molar-refractivity contribution < 1.29 is 72.0 Å². The zero-order valence-corrected chi connectivity index (χ0v) is 52.6. The van der Waals surface area contributed by atoms with E-state index in [1.54, 1.807) is 54.6 Å². The summed E-state index contributed by atoms with van der Waals surface area (Å²) in [5, 5.41) is 33.3. The molecule has 0 saturated carbocycles. The highest BCUT2D eigenvalue weighted by molar-refractivity contribution is 6.06. The van der Waals surface area contributed by atoms with Gasteiger partial charge in [-0.15, -0.1) is 0 Å². The van der Waals surface area contributed by atoms with Crippen molar-refractivity contribution in [1.82, 2.24) is 10.2 Å². The Bertz CT molecular complexity index is 4340. The van der Waals surface area contributed by atoms with Crippen LogP contribution in [0.2, 0.25) is 0 Å². The van der Waals surface area contributed by atoms with Crippen LogP contribution in [0.5, 0.6) is 11.5 Å². The van der Waals surface area contributed by atoms with E-state index in [2.05, 4.69) is 28.6 Å². The minimum atomic E-state index is -0.981. The number of aromatic carboxylic acids is 1. The van der Waals surface area contributed by atoms with Gasteiger partial charge < -0.3 is 53.6 Å². The molecule has 6 aromatic rings. The van der Waals surface area contributed by atoms with E-state index in [4.69, 9.17) is 28.0 Å². The highest BCUT2D eigenvalue weighted by Crippen LogP contribution is 2.44. The number of anilines is 4. The predicted octanol–water partition coefficient (Wildman–Crippen LogP) is 12.8. The first kappa shape index (κ1) is 73.2. The van der Waals surface area contributed by atoms with Gasteiger partial charge in [0.2, 0.25) is 0 Å². The van der Waals surface area contributed by atoms with Gasteiger partial charge in [0.25, 0.3) is 5.91 Å². The van der Waals surface area contributed by atoms with E-state index in [0.29, 0.717) is 54.2 Å². The van der Waals surface area contributed by atoms with Crippen LogP contribution in [0.4, 0.5) is 22.7 Å². The molecule has 0 atom stereocenters. The maximum Gasteiger partial charge on any atom is 0.373 e. The number of fused-ring (bicyclic) bond motifs is 4. The van der Waals surface area contributed by atoms with Crippen LogP contribution in [0.25, 0.3) is 66.8 Å². The first-order valence-electron chi connectivity index (χ1n) is 29.3. The summed E-state index contributed by atoms with van der Waals surface area (Å²) in [5.41, 5.74) is 12.5. The van der Waals surface area contributed by atoms with Crippen LogP contribution in [0.3, 0.4) is 0 Å². The maximum atomic E-state index is 13.3. The number of hydrogen-bond acceptors (Lipinski definition) is 19. The quantitative estimate of drug-likeness (QED) is 0.0352. The van der Waals surface area contributed by atoms with Gasteiger partial charge in [0.1, 0.15) is 34.2 Å². The molecule has 2 heterocycles. The Morgan fingerprint density at radius 2 is 0.862 bits per heavy atom. The average Bonchev–Trinajstić information content (AvgIpc) is 0.759. The second-order valence-electron chi connectivity index (χ2n) is 21.0. The molecule has 94 heavy (non-hydrogen) atoms. The summed E-state index contributed by atoms with van der Waals surface area (Å²) in [5.74, 6) is -0.0751. The summed E-state index contributed by atoms with van der Waals surface area (Å²) in [6.45, 7) is 10.6. The number of esters is 2. The summed E-state index contributed by atoms with van der Waals surface area (Å²) in [7, 11) is 6.55. The molecule has 4 aliphatic rings. The van der Waals surface area contributed by atoms with Gasteiger partial charge in [-0.3, -0.25) is 24.0 Å². The average molecular weight is 1280 g/mol. The number of amides is 1. The maximum absolute atomic E-state index is 13.3. The van der Waals surface area contributed by atoms with Crippen LogP contribution in [0.15, 0.2) is 176 Å². The lowest BCUT2D eigenvalue weighted by Gasteiger charge is -2.23. The van der Waals surface area contributed by atoms with Crippen LogP contribution >= 0.6 is 0 Å². The number of nitrogens with zero attached hydrogens (tertiary/aromatic N) is 3. The summed E-state index contributed by atoms with van der Waals surface area (Å²) in [6.07, 6.45) is 2.97. The van der Waals surface area contributed by atoms with E-state index in [0.717, 1.165) is 104 Å². The number of phenols is 2. The topological polar surface area (TPSA) is 298 Å². The first-order valence-corrected chi connectivity index (χ1v) is 29.3. The van der Waals surface area contributed by atoms with Crippen LogP contribution in [0, 0.1) is 13.8 Å². The monoisotopic (exact) mass is 1280 g/mol. The predicted molar refractivity (Wildman–Crippen MR) is 357 cm³/mol. The van der Waals surface area contributed by atoms with Gasteiger partial charge in [-0.05, 0) is 170 Å². The fraction of sp³-hybridized carbons (Fsp3) is 0.233. The Morgan fingerprint density at radius 1 is 0.500 bits per heavy atom. The Balaban J connectivity index is 0.000000268. The number of nitrogens with one attached hydrogen (secondary N) is 1. The Morgan fingerprint density at radius 3 is 1.22 bits per heavy atom. The molecule has 0 bridgehead atoms. The van der Waals surface area contributed by atoms with Gasteiger partial charge >= 0.3 is 30.2 Å². The fourth-order valence-corrected chi connectivity index (χ4v) is 10.3. The largest absolute Gasteiger partial charge is 0.508 e. The van der Waals surface area contributed by atoms with E-state index < -0.39 is 5.97 Å². The summed E-state index contributed by atoms with van der Waals surface area (Å²) < 4.78 is 21.3. The normalized spacial score (nSPS) is 10.3. The van der Waals surface area contributed by atoms with E-state index in [1.807, 2.05) is 128 Å². The van der Waals surface area contributed by atoms with Crippen LogP contribution < -0.4 is 26.0 Å². The number of rotatable bonds is 18. The molecule has 2 aliphatic heterocycles. The molecular weight excluding hydrogens is 1200 g/mol. The number of carbonyl (C=O) groups is 4. The van der Waals surface area contributed by atoms with Crippen LogP contribution in [0.1, 0.15) is 78.8 Å². The van der Waals surface area contributed by atoms with Crippen molar-refractivity contribution in [1.29, 1.82) is 0 Å². The zero-order chi connectivity index (χ0) is 67.9. The molecule has 1 amide bonds. The summed E-state index contributed by atoms with van der Waals surface area (Å²) >= 11 is 0. The molecular formula is C73H74N4O17. The highest BCUT2D eigenvalue weighted by atomic mass is 16.5. The minimum absolute atomic E-state index is 0. The van der Waals surface area contributed by atoms with Crippen LogP contribution in [-0.2, 0) is 38.2 Å². The van der Waals surface area contributed by atoms with Crippen molar-refractivity contribution in [3.8, 4) is 56.4 Å². The number of carbonyl (C=O) groups excluding carboxylic acids is 7. The fourth-order valence-electron chi connectivity index (χ4n) is 10.3. The number of methoxy groups -OCH3 is 2. The Hall–Kier alpha value is -11.5. The molecule has 4 N–H and O–H groups in total. The summed E-state index contributed by atoms with van der Waals surface area (Å²) in [6, 6.07) is 46.3. The van der Waals surface area contributed by atoms with Crippen molar-refractivity contribution >= 4 is 80.8 Å². The Labute approximate surface area is 542 Å². The van der Waals surface area contributed by atoms with E-state index in [1.165, 1.54) is 32.4 Å². The smallest absolute Gasteiger partial charge is 0.373 e. The molecule has 0 radical (unpaired) electrons. The third-order valence-electron chi connectivity index (χ3n) is 14.8. The number of carboxylic acids is 1. The molecule has 21 nitrogen and oxygen atoms in total. The van der Waals surface area contributed by atoms with Crippen molar-refractivity contribution in [2.45, 2.75) is 60.8 Å². The van der Waals surface area contributed by atoms with Gasteiger partial charge in [-0.1, -0.05) is 33.4 Å². The number of aryl methyl sites for hydroxylation is 2. The highest BCUT2D eigenvalue weighted by Gasteiger charge is 2.24. The molecule has 21 heteroatoms. The lowest BCUT2D eigenvalue weighted by atomic mass is 9.90. The van der Waals surface area contributed by atoms with Gasteiger partial charge in [0, 0.05) is 126 Å². The number of hydrogen-bond donors (Lipinski definition) is 4. The van der Waals surface area contributed by atoms with Crippen molar-refractivity contribution in [3.05, 3.63) is 200 Å². The number of carboxylic acid groups (broad SMARTS) is 1. The number of phenolic OH excluding ortho intramolecular Hbond substituents is 2. The lowest BCUT2D eigenvalue weighted by molar-refractivity contribution is -0.193. The second kappa shape index (κ2) is 35.2. The Kier molecular flexibility index (Phi) is 27.4. The third kappa shape index (κ3) is 18.8. The van der Waals surface area contributed by atoms with Gasteiger partial charge in [-0.25, -0.2) is 4.79 Å². The summed E-state index contributed by atoms with van der Waals surface area (Å²) in [4.78, 5) is 109. The molecule has 6 aromatic carbocycles. The molecule has 0 spiro atoms. The van der Waals surface area contributed by atoms with Crippen LogP contribution in [-0.4, -0.2) is 111 Å². The SMILES string of the molecule is C.CCCN(CCC)C(=O)c1ccc(-c2c3ccc(=O)cc-3oc3cc(N(C)c4ccc(O)cc4)ccc23)c(C)c1.COC(=O)CCNCCC(=O)OC.Cc1cc(C(=O)O)ccc1-c1c2ccc(=O)cc-2oc2cc(N(C)c3ccc(O)cc3)ccc12.O=C=O.O=C=O. The first-order chi connectivity index (χ1) is 44.6. The standard InChI is InChI=1S/C34H34N2O4.C28H21NO5.C8H15NO4.2CO2.CH4/c1-5-17-36(18-6-2)34(39)23-7-14-28(22(3)19-23)33-29-15-10-25(35(4)24-8-11-26(37)12-9-24)20-31(29)40-32-21-27(38)13-16-30(32)33;1-16-13-17(28(32)33)3-10-22(16)27-23-11-6-19(29(2)18-4-7-20(30)8-5-18)14-25(23)34-26-15-21(31)9-12-24(26)27;1-12-7(10)3-5-9-6-4-8(11)13-2;2*2-1-3;/h7-16,19-21,37H,5-6,17-18H2,1-4H3;3-15,30H,1-2H3,(H,32,33);9H,3-6H2,1-2H3;;;1H4. The number of ether oxygens (including phenoxy) is 2.